The molecule has 0 radical (unpaired) electrons. The molecule has 0 aromatic carbocycles. The Hall–Kier alpha value is -1.45. The summed E-state index contributed by atoms with van der Waals surface area (Å²) in [6.07, 6.45) is 3.60. The summed E-state index contributed by atoms with van der Waals surface area (Å²) in [4.78, 5) is 3.81. The van der Waals surface area contributed by atoms with E-state index in [1.54, 1.807) is 0 Å². The minimum absolute atomic E-state index is 0. The van der Waals surface area contributed by atoms with Gasteiger partial charge >= 0.3 is 5.51 Å². The molecule has 2 aromatic rings. The van der Waals surface area contributed by atoms with Gasteiger partial charge in [-0.1, -0.05) is 0 Å². The van der Waals surface area contributed by atoms with E-state index in [0.29, 0.717) is 11.3 Å². The van der Waals surface area contributed by atoms with Crippen LogP contribution in [-0.2, 0) is 12.0 Å². The molecule has 3 N–H and O–H groups in total. The zero-order valence-electron chi connectivity index (χ0n) is 13.1. The second-order valence-electron chi connectivity index (χ2n) is 6.25. The Morgan fingerprint density at radius 2 is 2.08 bits per heavy atom. The van der Waals surface area contributed by atoms with Gasteiger partial charge in [0.2, 0.25) is 0 Å². The highest BCUT2D eigenvalue weighted by molar-refractivity contribution is 8.00. The van der Waals surface area contributed by atoms with Gasteiger partial charge in [-0.2, -0.15) is 18.3 Å². The number of nitrogens with one attached hydrogen (secondary N) is 1. The van der Waals surface area contributed by atoms with E-state index in [0.717, 1.165) is 38.2 Å². The van der Waals surface area contributed by atoms with Crippen molar-refractivity contribution in [1.29, 1.82) is 0 Å². The van der Waals surface area contributed by atoms with Crippen molar-refractivity contribution in [3.8, 4) is 11.3 Å². The Morgan fingerprint density at radius 3 is 2.76 bits per heavy atom. The first-order chi connectivity index (χ1) is 11.4. The predicted octanol–water partition coefficient (Wildman–Crippen LogP) is 3.20. The summed E-state index contributed by atoms with van der Waals surface area (Å²) in [7, 11) is 0. The quantitative estimate of drug-likeness (QED) is 0.769. The number of alkyl halides is 3. The Bertz CT molecular complexity index is 786. The second-order valence-corrected chi connectivity index (χ2v) is 7.36. The van der Waals surface area contributed by atoms with Crippen LogP contribution in [0.2, 0.25) is 0 Å². The topological polar surface area (TPSA) is 68.8 Å². The lowest BCUT2D eigenvalue weighted by atomic mass is 9.82. The summed E-state index contributed by atoms with van der Waals surface area (Å²) in [5, 5.41) is 7.95. The van der Waals surface area contributed by atoms with Gasteiger partial charge in [-0.05, 0) is 43.3 Å². The van der Waals surface area contributed by atoms with Gasteiger partial charge in [-0.25, -0.2) is 4.98 Å². The summed E-state index contributed by atoms with van der Waals surface area (Å²) in [5.41, 5.74) is 3.64. The lowest BCUT2D eigenvalue weighted by Gasteiger charge is -2.20. The van der Waals surface area contributed by atoms with Crippen molar-refractivity contribution in [2.75, 3.05) is 18.8 Å². The van der Waals surface area contributed by atoms with E-state index in [1.807, 2.05) is 10.7 Å². The number of nitrogens with zero attached hydrogens (tertiary/aromatic N) is 3. The minimum Gasteiger partial charge on any atom is -0.383 e. The third kappa shape index (κ3) is 3.32. The molecule has 1 saturated heterocycles. The zero-order valence-corrected chi connectivity index (χ0v) is 14.8. The van der Waals surface area contributed by atoms with Crippen molar-refractivity contribution >= 4 is 30.0 Å². The number of halogens is 4. The molecule has 0 amide bonds. The molecule has 1 fully saturated rings. The van der Waals surface area contributed by atoms with Crippen LogP contribution < -0.4 is 11.1 Å². The van der Waals surface area contributed by atoms with Crippen LogP contribution >= 0.6 is 24.2 Å². The van der Waals surface area contributed by atoms with Crippen molar-refractivity contribution in [2.24, 2.45) is 0 Å². The van der Waals surface area contributed by atoms with Crippen molar-refractivity contribution in [1.82, 2.24) is 20.1 Å². The van der Waals surface area contributed by atoms with E-state index in [4.69, 9.17) is 5.73 Å². The van der Waals surface area contributed by atoms with Gasteiger partial charge in [0.25, 0.3) is 0 Å². The lowest BCUT2D eigenvalue weighted by Crippen LogP contribution is -2.25. The molecular weight excluding hydrogens is 375 g/mol. The van der Waals surface area contributed by atoms with Crippen LogP contribution in [0.5, 0.6) is 0 Å². The molecule has 5 nitrogen and oxygen atoms in total. The Labute approximate surface area is 153 Å². The van der Waals surface area contributed by atoms with E-state index in [-0.39, 0.29) is 40.3 Å². The molecule has 2 aliphatic heterocycles. The molecule has 10 heteroatoms. The molecule has 4 rings (SSSR count). The molecular formula is C15H17ClF3N5S. The molecule has 1 atom stereocenters. The third-order valence-corrected chi connectivity index (χ3v) is 5.55. The molecule has 0 bridgehead atoms. The number of fused-ring (bicyclic) bond motifs is 2. The van der Waals surface area contributed by atoms with Gasteiger partial charge < -0.3 is 11.1 Å². The summed E-state index contributed by atoms with van der Waals surface area (Å²) in [6, 6.07) is 3.40. The average molecular weight is 392 g/mol. The van der Waals surface area contributed by atoms with Crippen molar-refractivity contribution in [3.63, 3.8) is 0 Å². The van der Waals surface area contributed by atoms with E-state index >= 15 is 0 Å². The third-order valence-electron chi connectivity index (χ3n) is 4.77. The summed E-state index contributed by atoms with van der Waals surface area (Å²) < 4.78 is 39.9. The van der Waals surface area contributed by atoms with Gasteiger partial charge in [-0.15, -0.1) is 12.4 Å². The zero-order chi connectivity index (χ0) is 16.9. The molecule has 0 unspecified atom stereocenters. The maximum Gasteiger partial charge on any atom is 0.446 e. The first-order valence-corrected chi connectivity index (χ1v) is 8.49. The first-order valence-electron chi connectivity index (χ1n) is 7.67. The van der Waals surface area contributed by atoms with Crippen LogP contribution in [-0.4, -0.2) is 33.4 Å². The van der Waals surface area contributed by atoms with Gasteiger partial charge in [0, 0.05) is 36.0 Å². The van der Waals surface area contributed by atoms with Crippen LogP contribution in [0, 0.1) is 0 Å². The molecule has 2 aromatic heterocycles. The van der Waals surface area contributed by atoms with E-state index < -0.39 is 5.51 Å². The highest BCUT2D eigenvalue weighted by Gasteiger charge is 2.42. The van der Waals surface area contributed by atoms with Crippen LogP contribution in [0.3, 0.4) is 0 Å². The van der Waals surface area contributed by atoms with Gasteiger partial charge in [0.1, 0.15) is 5.82 Å². The maximum atomic E-state index is 12.6. The predicted molar refractivity (Wildman–Crippen MR) is 92.8 cm³/mol. The highest BCUT2D eigenvalue weighted by atomic mass is 35.5. The summed E-state index contributed by atoms with van der Waals surface area (Å²) in [6.45, 7) is 2.74. The standard InChI is InChI=1S/C15H16F3N5S.ClH/c16-15(17,18)24-11-5-9(7-21-13(11)19)10-6-12-14(1-3-20-8-14)2-4-23(12)22-10;/h5-7,20H,1-4,8H2,(H2,19,21);1H/t14-;/m1./s1. The van der Waals surface area contributed by atoms with Gasteiger partial charge in [-0.3, -0.25) is 4.68 Å². The Kier molecular flexibility index (Phi) is 4.67. The largest absolute Gasteiger partial charge is 0.446 e. The van der Waals surface area contributed by atoms with Crippen molar-refractivity contribution < 1.29 is 13.2 Å². The smallest absolute Gasteiger partial charge is 0.383 e. The summed E-state index contributed by atoms with van der Waals surface area (Å²) in [5.74, 6) is -0.121. The maximum absolute atomic E-state index is 12.6. The molecule has 0 saturated carbocycles. The lowest BCUT2D eigenvalue weighted by molar-refractivity contribution is -0.0328. The molecule has 25 heavy (non-hydrogen) atoms. The fourth-order valence-electron chi connectivity index (χ4n) is 3.58. The average Bonchev–Trinajstić information content (AvgIpc) is 3.19. The van der Waals surface area contributed by atoms with Crippen LogP contribution in [0.1, 0.15) is 18.5 Å². The fourth-order valence-corrected chi connectivity index (χ4v) is 4.17. The second kappa shape index (κ2) is 6.37. The Morgan fingerprint density at radius 1 is 1.28 bits per heavy atom. The van der Waals surface area contributed by atoms with Crippen molar-refractivity contribution in [3.05, 3.63) is 24.0 Å². The monoisotopic (exact) mass is 391 g/mol. The van der Waals surface area contributed by atoms with Crippen molar-refractivity contribution in [2.45, 2.75) is 35.2 Å². The normalized spacial score (nSPS) is 22.2. The Balaban J connectivity index is 0.00000182. The summed E-state index contributed by atoms with van der Waals surface area (Å²) >= 11 is -0.246. The van der Waals surface area contributed by atoms with E-state index in [1.165, 1.54) is 12.3 Å². The number of thioether (sulfide) groups is 1. The molecule has 136 valence electrons. The van der Waals surface area contributed by atoms with E-state index in [2.05, 4.69) is 15.4 Å². The number of pyridine rings is 1. The SMILES string of the molecule is Cl.Nc1ncc(-c2cc3n(n2)CC[C@@]32CCNC2)cc1SC(F)(F)F. The van der Waals surface area contributed by atoms with Crippen LogP contribution in [0.4, 0.5) is 19.0 Å². The number of anilines is 1. The highest BCUT2D eigenvalue weighted by Crippen LogP contribution is 2.43. The van der Waals surface area contributed by atoms with Gasteiger partial charge in [0.15, 0.2) is 0 Å². The van der Waals surface area contributed by atoms with E-state index in [9.17, 15) is 13.2 Å². The van der Waals surface area contributed by atoms with Gasteiger partial charge in [0.05, 0.1) is 10.6 Å². The molecule has 1 spiro atoms. The number of hydrogen-bond donors (Lipinski definition) is 2. The molecule has 2 aliphatic rings. The number of nitrogens with two attached hydrogens (primary N) is 1. The number of aromatic nitrogens is 3. The molecule has 4 heterocycles. The van der Waals surface area contributed by atoms with Crippen LogP contribution in [0.15, 0.2) is 23.2 Å². The first kappa shape index (κ1) is 18.3. The minimum atomic E-state index is -4.40. The fraction of sp³-hybridized carbons (Fsp3) is 0.467. The molecule has 0 aliphatic carbocycles. The number of nitrogen functional groups attached to an aromatic ring is 1. The number of hydrogen-bond acceptors (Lipinski definition) is 5. The van der Waals surface area contributed by atoms with Crippen LogP contribution in [0.25, 0.3) is 11.3 Å². The number of rotatable bonds is 2. The number of aryl methyl sites for hydroxylation is 1.